The summed E-state index contributed by atoms with van der Waals surface area (Å²) in [5.41, 5.74) is 8.41. The molecule has 3 aromatic rings. The first-order valence-corrected chi connectivity index (χ1v) is 9.58. The van der Waals surface area contributed by atoms with Crippen LogP contribution in [0.4, 0.5) is 28.7 Å². The third-order valence-corrected chi connectivity index (χ3v) is 4.21. The van der Waals surface area contributed by atoms with Gasteiger partial charge in [0, 0.05) is 11.4 Å². The normalized spacial score (nSPS) is 10.5. The van der Waals surface area contributed by atoms with Crippen molar-refractivity contribution in [3.63, 3.8) is 0 Å². The number of ether oxygens (including phenoxy) is 1. The fraction of sp³-hybridized carbons (Fsp3) is 0.182. The number of aromatic carboxylic acids is 1. The lowest BCUT2D eigenvalue weighted by Crippen LogP contribution is -2.10. The Morgan fingerprint density at radius 2 is 1.42 bits per heavy atom. The zero-order valence-electron chi connectivity index (χ0n) is 17.1. The molecule has 0 amide bonds. The minimum absolute atomic E-state index is 0.181. The highest BCUT2D eigenvalue weighted by molar-refractivity contribution is 5.90. The van der Waals surface area contributed by atoms with Crippen LogP contribution in [0.15, 0.2) is 54.9 Å². The molecule has 3 rings (SSSR count). The monoisotopic (exact) mass is 421 g/mol. The number of carboxylic acids is 1. The molecule has 0 saturated heterocycles. The third-order valence-electron chi connectivity index (χ3n) is 4.21. The smallest absolute Gasteiger partial charge is 0.338 e. The largest absolute Gasteiger partial charge is 0.478 e. The zero-order valence-corrected chi connectivity index (χ0v) is 17.1. The number of rotatable bonds is 8. The highest BCUT2D eigenvalue weighted by Crippen LogP contribution is 2.28. The number of carboxylic acid groups (broad SMARTS) is 1. The molecule has 0 aliphatic carbocycles. The topological polar surface area (TPSA) is 139 Å². The van der Waals surface area contributed by atoms with Crippen molar-refractivity contribution in [2.45, 2.75) is 13.8 Å². The van der Waals surface area contributed by atoms with Crippen LogP contribution < -0.4 is 16.4 Å². The van der Waals surface area contributed by atoms with Crippen molar-refractivity contribution in [2.24, 2.45) is 5.92 Å². The van der Waals surface area contributed by atoms with Crippen molar-refractivity contribution in [1.29, 1.82) is 0 Å². The second kappa shape index (κ2) is 9.57. The molecule has 9 heteroatoms. The Bertz CT molecular complexity index is 1070. The van der Waals surface area contributed by atoms with Gasteiger partial charge in [-0.3, -0.25) is 0 Å². The van der Waals surface area contributed by atoms with E-state index < -0.39 is 5.97 Å². The molecule has 0 unspecified atom stereocenters. The van der Waals surface area contributed by atoms with E-state index in [-0.39, 0.29) is 23.1 Å². The molecule has 9 nitrogen and oxygen atoms in total. The van der Waals surface area contributed by atoms with Crippen LogP contribution in [0.3, 0.4) is 0 Å². The van der Waals surface area contributed by atoms with Gasteiger partial charge in [0.05, 0.1) is 17.7 Å². The van der Waals surface area contributed by atoms with E-state index in [0.29, 0.717) is 35.2 Å². The molecule has 0 radical (unpaired) electrons. The number of carbonyl (C=O) groups excluding carboxylic acids is 1. The van der Waals surface area contributed by atoms with Crippen molar-refractivity contribution in [1.82, 2.24) is 9.97 Å². The molecular weight excluding hydrogens is 398 g/mol. The summed E-state index contributed by atoms with van der Waals surface area (Å²) in [6.45, 7) is 4.31. The molecule has 0 bridgehead atoms. The van der Waals surface area contributed by atoms with Gasteiger partial charge in [0.2, 0.25) is 0 Å². The molecule has 0 atom stereocenters. The zero-order chi connectivity index (χ0) is 22.4. The summed E-state index contributed by atoms with van der Waals surface area (Å²) < 4.78 is 5.22. The maximum absolute atomic E-state index is 12.0. The van der Waals surface area contributed by atoms with Crippen molar-refractivity contribution in [3.8, 4) is 0 Å². The summed E-state index contributed by atoms with van der Waals surface area (Å²) >= 11 is 0. The first-order valence-electron chi connectivity index (χ1n) is 9.58. The van der Waals surface area contributed by atoms with Crippen LogP contribution in [-0.4, -0.2) is 33.6 Å². The van der Waals surface area contributed by atoms with E-state index in [0.717, 1.165) is 0 Å². The van der Waals surface area contributed by atoms with Gasteiger partial charge in [-0.2, -0.15) is 0 Å². The van der Waals surface area contributed by atoms with Crippen LogP contribution in [0.25, 0.3) is 0 Å². The number of nitrogen functional groups attached to an aromatic ring is 1. The summed E-state index contributed by atoms with van der Waals surface area (Å²) in [6.07, 6.45) is 1.35. The standard InChI is InChI=1S/C22H23N5O4/c1-13(2)11-31-22(30)15-5-9-17(10-6-15)27-20-18(23)19(24-12-25-20)26-16-7-3-14(4-8-16)21(28)29/h3-10,12-13H,11,23H2,1-2H3,(H,28,29)(H2,24,25,26,27). The number of nitrogens with zero attached hydrogens (tertiary/aromatic N) is 2. The lowest BCUT2D eigenvalue weighted by molar-refractivity contribution is 0.0458. The van der Waals surface area contributed by atoms with Gasteiger partial charge in [-0.05, 0) is 54.4 Å². The van der Waals surface area contributed by atoms with E-state index in [9.17, 15) is 9.59 Å². The van der Waals surface area contributed by atoms with E-state index in [1.165, 1.54) is 18.5 Å². The van der Waals surface area contributed by atoms with Crippen LogP contribution >= 0.6 is 0 Å². The number of esters is 1. The van der Waals surface area contributed by atoms with Crippen molar-refractivity contribution >= 4 is 40.6 Å². The Labute approximate surface area is 179 Å². The Balaban J connectivity index is 1.70. The molecule has 0 saturated carbocycles. The first-order chi connectivity index (χ1) is 14.8. The van der Waals surface area contributed by atoms with Crippen molar-refractivity contribution in [2.75, 3.05) is 23.0 Å². The van der Waals surface area contributed by atoms with E-state index >= 15 is 0 Å². The molecule has 0 aliphatic heterocycles. The maximum atomic E-state index is 12.0. The van der Waals surface area contributed by atoms with E-state index in [1.54, 1.807) is 36.4 Å². The lowest BCUT2D eigenvalue weighted by Gasteiger charge is -2.13. The van der Waals surface area contributed by atoms with Gasteiger partial charge in [0.15, 0.2) is 11.6 Å². The Hall–Kier alpha value is -4.14. The Kier molecular flexibility index (Phi) is 6.66. The highest BCUT2D eigenvalue weighted by atomic mass is 16.5. The molecule has 160 valence electrons. The highest BCUT2D eigenvalue weighted by Gasteiger charge is 2.11. The average Bonchev–Trinajstić information content (AvgIpc) is 2.75. The van der Waals surface area contributed by atoms with Crippen LogP contribution in [0.2, 0.25) is 0 Å². The lowest BCUT2D eigenvalue weighted by atomic mass is 10.2. The number of hydrogen-bond donors (Lipinski definition) is 4. The number of aromatic nitrogens is 2. The van der Waals surface area contributed by atoms with Gasteiger partial charge in [-0.15, -0.1) is 0 Å². The summed E-state index contributed by atoms with van der Waals surface area (Å²) in [5, 5.41) is 15.1. The SMILES string of the molecule is CC(C)COC(=O)c1ccc(Nc2ncnc(Nc3ccc(C(=O)O)cc3)c2N)cc1. The first kappa shape index (κ1) is 21.6. The molecule has 0 fully saturated rings. The predicted octanol–water partition coefficient (Wildman–Crippen LogP) is 4.06. The van der Waals surface area contributed by atoms with Gasteiger partial charge in [0.1, 0.15) is 12.0 Å². The summed E-state index contributed by atoms with van der Waals surface area (Å²) in [4.78, 5) is 31.3. The van der Waals surface area contributed by atoms with Crippen LogP contribution in [0, 0.1) is 5.92 Å². The second-order valence-electron chi connectivity index (χ2n) is 7.19. The number of nitrogens with one attached hydrogen (secondary N) is 2. The number of benzene rings is 2. The number of carbonyl (C=O) groups is 2. The van der Waals surface area contributed by atoms with Gasteiger partial charge in [-0.25, -0.2) is 19.6 Å². The maximum Gasteiger partial charge on any atom is 0.338 e. The minimum atomic E-state index is -1.00. The summed E-state index contributed by atoms with van der Waals surface area (Å²) in [6, 6.07) is 13.0. The predicted molar refractivity (Wildman–Crippen MR) is 118 cm³/mol. The van der Waals surface area contributed by atoms with Gasteiger partial charge in [0.25, 0.3) is 0 Å². The molecule has 1 heterocycles. The minimum Gasteiger partial charge on any atom is -0.478 e. The molecule has 1 aromatic heterocycles. The molecule has 2 aromatic carbocycles. The quantitative estimate of drug-likeness (QED) is 0.396. The molecule has 31 heavy (non-hydrogen) atoms. The van der Waals surface area contributed by atoms with Gasteiger partial charge in [-0.1, -0.05) is 13.8 Å². The van der Waals surface area contributed by atoms with Crippen LogP contribution in [-0.2, 0) is 4.74 Å². The van der Waals surface area contributed by atoms with Crippen molar-refractivity contribution < 1.29 is 19.4 Å². The average molecular weight is 421 g/mol. The molecular formula is C22H23N5O4. The number of nitrogens with two attached hydrogens (primary N) is 1. The van der Waals surface area contributed by atoms with E-state index in [2.05, 4.69) is 20.6 Å². The van der Waals surface area contributed by atoms with E-state index in [1.807, 2.05) is 13.8 Å². The summed E-state index contributed by atoms with van der Waals surface area (Å²) in [7, 11) is 0. The van der Waals surface area contributed by atoms with Crippen molar-refractivity contribution in [3.05, 3.63) is 66.0 Å². The Morgan fingerprint density at radius 3 is 1.87 bits per heavy atom. The number of anilines is 5. The fourth-order valence-corrected chi connectivity index (χ4v) is 2.58. The molecule has 0 aliphatic rings. The molecule has 5 N–H and O–H groups in total. The van der Waals surface area contributed by atoms with Crippen LogP contribution in [0.5, 0.6) is 0 Å². The third kappa shape index (κ3) is 5.69. The number of hydrogen-bond acceptors (Lipinski definition) is 8. The van der Waals surface area contributed by atoms with Crippen LogP contribution in [0.1, 0.15) is 34.6 Å². The molecule has 0 spiro atoms. The van der Waals surface area contributed by atoms with Gasteiger partial charge < -0.3 is 26.2 Å². The van der Waals surface area contributed by atoms with Gasteiger partial charge >= 0.3 is 11.9 Å². The second-order valence-corrected chi connectivity index (χ2v) is 7.19. The Morgan fingerprint density at radius 1 is 0.935 bits per heavy atom. The van der Waals surface area contributed by atoms with E-state index in [4.69, 9.17) is 15.6 Å². The summed E-state index contributed by atoms with van der Waals surface area (Å²) in [5.74, 6) is -0.353. The fourth-order valence-electron chi connectivity index (χ4n) is 2.58.